The van der Waals surface area contributed by atoms with E-state index in [9.17, 15) is 4.79 Å². The summed E-state index contributed by atoms with van der Waals surface area (Å²) in [6, 6.07) is -0.0315. The zero-order chi connectivity index (χ0) is 13.4. The van der Waals surface area contributed by atoms with Gasteiger partial charge in [0.2, 0.25) is 0 Å². The molecule has 1 fully saturated rings. The van der Waals surface area contributed by atoms with Crippen molar-refractivity contribution in [3.63, 3.8) is 0 Å². The summed E-state index contributed by atoms with van der Waals surface area (Å²) >= 11 is 0. The Labute approximate surface area is 111 Å². The largest absolute Gasteiger partial charge is 0.338 e. The SMILES string of the molecule is CC(C)CNC(=O)NCCCN1CCC(C)CC1. The molecule has 0 bridgehead atoms. The highest BCUT2D eigenvalue weighted by Gasteiger charge is 2.14. The molecule has 0 aromatic carbocycles. The molecule has 0 saturated carbocycles. The molecule has 0 spiro atoms. The standard InChI is InChI=1S/C14H29N3O/c1-12(2)11-16-14(18)15-7-4-8-17-9-5-13(3)6-10-17/h12-13H,4-11H2,1-3H3,(H2,15,16,18). The number of urea groups is 1. The molecule has 2 amide bonds. The molecule has 1 aliphatic rings. The smallest absolute Gasteiger partial charge is 0.314 e. The Kier molecular flexibility index (Phi) is 7.09. The van der Waals surface area contributed by atoms with Crippen LogP contribution in [0, 0.1) is 11.8 Å². The number of amides is 2. The molecule has 1 aliphatic heterocycles. The van der Waals surface area contributed by atoms with Gasteiger partial charge in [-0.25, -0.2) is 4.79 Å². The number of carbonyl (C=O) groups is 1. The van der Waals surface area contributed by atoms with E-state index in [1.807, 2.05) is 0 Å². The molecule has 4 nitrogen and oxygen atoms in total. The molecule has 106 valence electrons. The summed E-state index contributed by atoms with van der Waals surface area (Å²) in [7, 11) is 0. The fourth-order valence-corrected chi connectivity index (χ4v) is 2.15. The van der Waals surface area contributed by atoms with Crippen LogP contribution < -0.4 is 10.6 Å². The molecule has 1 saturated heterocycles. The zero-order valence-electron chi connectivity index (χ0n) is 12.2. The lowest BCUT2D eigenvalue weighted by Crippen LogP contribution is -2.39. The highest BCUT2D eigenvalue weighted by molar-refractivity contribution is 5.73. The summed E-state index contributed by atoms with van der Waals surface area (Å²) in [5, 5.41) is 5.77. The van der Waals surface area contributed by atoms with E-state index in [0.717, 1.165) is 32.0 Å². The van der Waals surface area contributed by atoms with E-state index in [1.54, 1.807) is 0 Å². The van der Waals surface area contributed by atoms with Crippen molar-refractivity contribution in [3.8, 4) is 0 Å². The van der Waals surface area contributed by atoms with Crippen molar-refractivity contribution in [2.24, 2.45) is 11.8 Å². The van der Waals surface area contributed by atoms with Crippen LogP contribution in [0.25, 0.3) is 0 Å². The molecule has 2 N–H and O–H groups in total. The van der Waals surface area contributed by atoms with Gasteiger partial charge in [-0.3, -0.25) is 0 Å². The van der Waals surface area contributed by atoms with Crippen LogP contribution in [-0.4, -0.2) is 43.7 Å². The van der Waals surface area contributed by atoms with Gasteiger partial charge in [0.25, 0.3) is 0 Å². The Bertz CT molecular complexity index is 235. The van der Waals surface area contributed by atoms with Crippen LogP contribution >= 0.6 is 0 Å². The van der Waals surface area contributed by atoms with E-state index in [-0.39, 0.29) is 6.03 Å². The maximum Gasteiger partial charge on any atom is 0.314 e. The molecule has 18 heavy (non-hydrogen) atoms. The fourth-order valence-electron chi connectivity index (χ4n) is 2.15. The number of nitrogens with zero attached hydrogens (tertiary/aromatic N) is 1. The van der Waals surface area contributed by atoms with Crippen LogP contribution in [0.2, 0.25) is 0 Å². The van der Waals surface area contributed by atoms with E-state index < -0.39 is 0 Å². The van der Waals surface area contributed by atoms with Gasteiger partial charge in [0.15, 0.2) is 0 Å². The lowest BCUT2D eigenvalue weighted by atomic mass is 9.99. The molecule has 1 heterocycles. The van der Waals surface area contributed by atoms with Crippen molar-refractivity contribution in [1.29, 1.82) is 0 Å². The molecule has 1 rings (SSSR count). The van der Waals surface area contributed by atoms with Gasteiger partial charge in [-0.15, -0.1) is 0 Å². The summed E-state index contributed by atoms with van der Waals surface area (Å²) < 4.78 is 0. The second-order valence-electron chi connectivity index (χ2n) is 5.91. The van der Waals surface area contributed by atoms with E-state index >= 15 is 0 Å². The van der Waals surface area contributed by atoms with Crippen LogP contribution in [0.15, 0.2) is 0 Å². The molecule has 0 aliphatic carbocycles. The van der Waals surface area contributed by atoms with Gasteiger partial charge in [-0.2, -0.15) is 0 Å². The zero-order valence-corrected chi connectivity index (χ0v) is 12.2. The summed E-state index contributed by atoms with van der Waals surface area (Å²) in [4.78, 5) is 13.9. The summed E-state index contributed by atoms with van der Waals surface area (Å²) in [6.07, 6.45) is 3.69. The first-order valence-electron chi connectivity index (χ1n) is 7.32. The number of hydrogen-bond donors (Lipinski definition) is 2. The monoisotopic (exact) mass is 255 g/mol. The topological polar surface area (TPSA) is 44.4 Å². The van der Waals surface area contributed by atoms with Gasteiger partial charge in [0, 0.05) is 13.1 Å². The Morgan fingerprint density at radius 1 is 1.28 bits per heavy atom. The van der Waals surface area contributed by atoms with Crippen molar-refractivity contribution in [2.45, 2.75) is 40.0 Å². The number of piperidine rings is 1. The highest BCUT2D eigenvalue weighted by atomic mass is 16.2. The molecule has 0 aromatic heterocycles. The second kappa shape index (κ2) is 8.35. The second-order valence-corrected chi connectivity index (χ2v) is 5.91. The third-order valence-corrected chi connectivity index (χ3v) is 3.48. The van der Waals surface area contributed by atoms with Gasteiger partial charge in [0.1, 0.15) is 0 Å². The molecule has 4 heteroatoms. The third-order valence-electron chi connectivity index (χ3n) is 3.48. The summed E-state index contributed by atoms with van der Waals surface area (Å²) in [6.45, 7) is 11.6. The first-order chi connectivity index (χ1) is 8.58. The minimum atomic E-state index is -0.0315. The van der Waals surface area contributed by atoms with Gasteiger partial charge in [0.05, 0.1) is 0 Å². The number of hydrogen-bond acceptors (Lipinski definition) is 2. The first kappa shape index (κ1) is 15.3. The van der Waals surface area contributed by atoms with E-state index in [1.165, 1.54) is 25.9 Å². The normalized spacial score (nSPS) is 18.0. The predicted molar refractivity (Wildman–Crippen MR) is 75.7 cm³/mol. The lowest BCUT2D eigenvalue weighted by Gasteiger charge is -2.30. The quantitative estimate of drug-likeness (QED) is 0.714. The maximum absolute atomic E-state index is 11.4. The summed E-state index contributed by atoms with van der Waals surface area (Å²) in [5.41, 5.74) is 0. The number of carbonyl (C=O) groups excluding carboxylic acids is 1. The summed E-state index contributed by atoms with van der Waals surface area (Å²) in [5.74, 6) is 1.40. The van der Waals surface area contributed by atoms with Crippen molar-refractivity contribution in [1.82, 2.24) is 15.5 Å². The number of rotatable bonds is 6. The molecule has 0 radical (unpaired) electrons. The maximum atomic E-state index is 11.4. The van der Waals surface area contributed by atoms with Crippen molar-refractivity contribution in [3.05, 3.63) is 0 Å². The van der Waals surface area contributed by atoms with Crippen LogP contribution in [0.5, 0.6) is 0 Å². The van der Waals surface area contributed by atoms with Crippen molar-refractivity contribution >= 4 is 6.03 Å². The van der Waals surface area contributed by atoms with Crippen molar-refractivity contribution in [2.75, 3.05) is 32.7 Å². The Morgan fingerprint density at radius 3 is 2.56 bits per heavy atom. The first-order valence-corrected chi connectivity index (χ1v) is 7.32. The van der Waals surface area contributed by atoms with Crippen LogP contribution in [0.4, 0.5) is 4.79 Å². The third kappa shape index (κ3) is 6.84. The minimum absolute atomic E-state index is 0.0315. The van der Waals surface area contributed by atoms with Gasteiger partial charge >= 0.3 is 6.03 Å². The molecule has 0 aromatic rings. The fraction of sp³-hybridized carbons (Fsp3) is 0.929. The average Bonchev–Trinajstić information content (AvgIpc) is 2.34. The van der Waals surface area contributed by atoms with E-state index in [2.05, 4.69) is 36.3 Å². The molecule has 0 atom stereocenters. The van der Waals surface area contributed by atoms with Crippen LogP contribution in [0.1, 0.15) is 40.0 Å². The van der Waals surface area contributed by atoms with E-state index in [4.69, 9.17) is 0 Å². The molecule has 0 unspecified atom stereocenters. The predicted octanol–water partition coefficient (Wildman–Crippen LogP) is 2.06. The number of likely N-dealkylation sites (tertiary alicyclic amines) is 1. The highest BCUT2D eigenvalue weighted by Crippen LogP contribution is 2.15. The Morgan fingerprint density at radius 2 is 1.94 bits per heavy atom. The Hall–Kier alpha value is -0.770. The van der Waals surface area contributed by atoms with Gasteiger partial charge < -0.3 is 15.5 Å². The minimum Gasteiger partial charge on any atom is -0.338 e. The Balaban J connectivity index is 1.96. The average molecular weight is 255 g/mol. The molecular formula is C14H29N3O. The van der Waals surface area contributed by atoms with E-state index in [0.29, 0.717) is 5.92 Å². The molecular weight excluding hydrogens is 226 g/mol. The van der Waals surface area contributed by atoms with Crippen LogP contribution in [0.3, 0.4) is 0 Å². The lowest BCUT2D eigenvalue weighted by molar-refractivity contribution is 0.190. The van der Waals surface area contributed by atoms with Gasteiger partial charge in [-0.1, -0.05) is 20.8 Å². The van der Waals surface area contributed by atoms with Crippen LogP contribution in [-0.2, 0) is 0 Å². The van der Waals surface area contributed by atoms with Crippen molar-refractivity contribution < 1.29 is 4.79 Å². The number of nitrogens with one attached hydrogen (secondary N) is 2. The van der Waals surface area contributed by atoms with Gasteiger partial charge in [-0.05, 0) is 50.7 Å².